The number of rotatable bonds is 9. The smallest absolute Gasteiger partial charge is 0.270 e. The number of halogens is 1. The van der Waals surface area contributed by atoms with Crippen LogP contribution in [0.1, 0.15) is 43.1 Å². The summed E-state index contributed by atoms with van der Waals surface area (Å²) in [6.45, 7) is -0.0170. The molecule has 3 aromatic heterocycles. The number of carbonyl (C=O) groups excluding carboxylic acids is 3. The Balaban J connectivity index is 1.58. The van der Waals surface area contributed by atoms with Gasteiger partial charge in [0.2, 0.25) is 5.91 Å². The molecular formula is C28H23FN6O4S. The lowest BCUT2D eigenvalue weighted by Crippen LogP contribution is -2.43. The van der Waals surface area contributed by atoms with E-state index in [1.165, 1.54) is 23.3 Å². The first-order valence-corrected chi connectivity index (χ1v) is 12.8. The van der Waals surface area contributed by atoms with Gasteiger partial charge in [0.1, 0.15) is 22.5 Å². The summed E-state index contributed by atoms with van der Waals surface area (Å²) in [5.41, 5.74) is 12.9. The van der Waals surface area contributed by atoms with E-state index in [2.05, 4.69) is 14.7 Å². The molecule has 0 unspecified atom stereocenters. The maximum Gasteiger partial charge on any atom is 0.270 e. The number of pyridine rings is 1. The van der Waals surface area contributed by atoms with Crippen LogP contribution in [0.15, 0.2) is 83.6 Å². The maximum atomic E-state index is 14.0. The van der Waals surface area contributed by atoms with Gasteiger partial charge in [-0.05, 0) is 65.1 Å². The van der Waals surface area contributed by atoms with Crippen LogP contribution in [-0.2, 0) is 17.9 Å². The summed E-state index contributed by atoms with van der Waals surface area (Å²) in [5.74, 6) is -2.02. The predicted octanol–water partition coefficient (Wildman–Crippen LogP) is 3.80. The van der Waals surface area contributed by atoms with Crippen molar-refractivity contribution < 1.29 is 23.2 Å². The number of carbonyl (C=O) groups is 3. The average molecular weight is 559 g/mol. The molecule has 10 nitrogen and oxygen atoms in total. The van der Waals surface area contributed by atoms with Gasteiger partial charge >= 0.3 is 0 Å². The molecule has 0 radical (unpaired) electrons. The number of anilines is 1. The van der Waals surface area contributed by atoms with Gasteiger partial charge in [0.05, 0.1) is 24.0 Å². The maximum absolute atomic E-state index is 14.0. The van der Waals surface area contributed by atoms with E-state index in [1.807, 2.05) is 6.07 Å². The van der Waals surface area contributed by atoms with Crippen molar-refractivity contribution in [2.75, 3.05) is 5.73 Å². The molecule has 0 saturated heterocycles. The Labute approximate surface area is 231 Å². The van der Waals surface area contributed by atoms with Gasteiger partial charge < -0.3 is 26.1 Å². The number of fused-ring (bicyclic) bond motifs is 1. The number of amides is 3. The average Bonchev–Trinajstić information content (AvgIpc) is 3.61. The molecule has 1 atom stereocenters. The Hall–Kier alpha value is -5.10. The van der Waals surface area contributed by atoms with Crippen LogP contribution in [-0.4, -0.2) is 32.0 Å². The Morgan fingerprint density at radius 3 is 2.58 bits per heavy atom. The lowest BCUT2D eigenvalue weighted by Gasteiger charge is -2.30. The van der Waals surface area contributed by atoms with Gasteiger partial charge in [-0.25, -0.2) is 4.39 Å². The molecule has 0 aliphatic carbocycles. The molecule has 3 amide bonds. The zero-order chi connectivity index (χ0) is 28.2. The summed E-state index contributed by atoms with van der Waals surface area (Å²) in [6, 6.07) is 16.7. The summed E-state index contributed by atoms with van der Waals surface area (Å²) in [6.07, 6.45) is 3.11. The zero-order valence-corrected chi connectivity index (χ0v) is 21.7. The summed E-state index contributed by atoms with van der Waals surface area (Å²) in [7, 11) is 0. The van der Waals surface area contributed by atoms with Crippen LogP contribution in [0.5, 0.6) is 0 Å². The van der Waals surface area contributed by atoms with Gasteiger partial charge in [-0.1, -0.05) is 24.3 Å². The fraction of sp³-hybridized carbons (Fsp3) is 0.107. The Bertz CT molecular complexity index is 1690. The van der Waals surface area contributed by atoms with E-state index in [0.717, 1.165) is 16.9 Å². The SMILES string of the molecule is NC(=O)c1nsc(C(=O)N(Cc2ccco2)[C@H](C(=O)NCc2ccc(F)cc2)c2ccc3ncccc3c2)c1N. The number of nitrogen functional groups attached to an aromatic ring is 1. The molecule has 5 aromatic rings. The van der Waals surface area contributed by atoms with E-state index in [4.69, 9.17) is 15.9 Å². The summed E-state index contributed by atoms with van der Waals surface area (Å²) < 4.78 is 22.9. The van der Waals surface area contributed by atoms with Crippen LogP contribution >= 0.6 is 11.5 Å². The number of hydrogen-bond acceptors (Lipinski definition) is 8. The number of nitrogens with two attached hydrogens (primary N) is 2. The van der Waals surface area contributed by atoms with E-state index in [-0.39, 0.29) is 29.3 Å². The monoisotopic (exact) mass is 558 g/mol. The van der Waals surface area contributed by atoms with E-state index < -0.39 is 29.6 Å². The number of aromatic nitrogens is 2. The van der Waals surface area contributed by atoms with Gasteiger partial charge in [0.15, 0.2) is 5.69 Å². The van der Waals surface area contributed by atoms with E-state index in [1.54, 1.807) is 54.7 Å². The third kappa shape index (κ3) is 5.52. The lowest BCUT2D eigenvalue weighted by atomic mass is 10.0. The van der Waals surface area contributed by atoms with Crippen molar-refractivity contribution >= 4 is 45.8 Å². The molecule has 5 rings (SSSR count). The Kier molecular flexibility index (Phi) is 7.51. The third-order valence-electron chi connectivity index (χ3n) is 6.21. The summed E-state index contributed by atoms with van der Waals surface area (Å²) in [4.78, 5) is 45.2. The minimum atomic E-state index is -1.17. The van der Waals surface area contributed by atoms with Crippen LogP contribution in [0.2, 0.25) is 0 Å². The first-order valence-electron chi connectivity index (χ1n) is 12.1. The third-order valence-corrected chi connectivity index (χ3v) is 7.06. The molecule has 2 aromatic carbocycles. The topological polar surface area (TPSA) is 157 Å². The summed E-state index contributed by atoms with van der Waals surface area (Å²) >= 11 is 0.717. The highest BCUT2D eigenvalue weighted by Gasteiger charge is 2.35. The van der Waals surface area contributed by atoms with Gasteiger partial charge in [-0.15, -0.1) is 0 Å². The van der Waals surface area contributed by atoms with E-state index in [9.17, 15) is 18.8 Å². The molecule has 5 N–H and O–H groups in total. The van der Waals surface area contributed by atoms with Gasteiger partial charge in [0, 0.05) is 18.1 Å². The molecule has 202 valence electrons. The van der Waals surface area contributed by atoms with Crippen molar-refractivity contribution in [1.29, 1.82) is 0 Å². The van der Waals surface area contributed by atoms with Crippen LogP contribution < -0.4 is 16.8 Å². The van der Waals surface area contributed by atoms with Crippen molar-refractivity contribution in [3.8, 4) is 0 Å². The largest absolute Gasteiger partial charge is 0.467 e. The molecular weight excluding hydrogens is 535 g/mol. The Morgan fingerprint density at radius 1 is 1.07 bits per heavy atom. The molecule has 3 heterocycles. The first kappa shape index (κ1) is 26.5. The second-order valence-electron chi connectivity index (χ2n) is 8.85. The number of primary amides is 1. The van der Waals surface area contributed by atoms with Gasteiger partial charge in [0.25, 0.3) is 11.8 Å². The molecule has 0 saturated carbocycles. The van der Waals surface area contributed by atoms with Crippen molar-refractivity contribution in [2.24, 2.45) is 5.73 Å². The van der Waals surface area contributed by atoms with Crippen LogP contribution in [0.4, 0.5) is 10.1 Å². The molecule has 0 aliphatic rings. The quantitative estimate of drug-likeness (QED) is 0.248. The number of nitrogens with one attached hydrogen (secondary N) is 1. The van der Waals surface area contributed by atoms with Gasteiger partial charge in [-0.2, -0.15) is 4.37 Å². The van der Waals surface area contributed by atoms with Gasteiger partial charge in [-0.3, -0.25) is 19.4 Å². The Morgan fingerprint density at radius 2 is 1.88 bits per heavy atom. The molecule has 12 heteroatoms. The highest BCUT2D eigenvalue weighted by molar-refractivity contribution is 7.09. The number of benzene rings is 2. The zero-order valence-electron chi connectivity index (χ0n) is 20.9. The molecule has 0 aliphatic heterocycles. The summed E-state index contributed by atoms with van der Waals surface area (Å²) in [5, 5.41) is 3.61. The molecule has 0 spiro atoms. The fourth-order valence-corrected chi connectivity index (χ4v) is 5.00. The second-order valence-corrected chi connectivity index (χ2v) is 9.63. The minimum Gasteiger partial charge on any atom is -0.467 e. The van der Waals surface area contributed by atoms with Crippen LogP contribution in [0, 0.1) is 5.82 Å². The highest BCUT2D eigenvalue weighted by atomic mass is 32.1. The molecule has 0 fully saturated rings. The number of nitrogens with zero attached hydrogens (tertiary/aromatic N) is 3. The first-order chi connectivity index (χ1) is 19.3. The van der Waals surface area contributed by atoms with E-state index in [0.29, 0.717) is 22.4 Å². The van der Waals surface area contributed by atoms with Crippen LogP contribution in [0.25, 0.3) is 10.9 Å². The number of hydrogen-bond donors (Lipinski definition) is 3. The van der Waals surface area contributed by atoms with E-state index >= 15 is 0 Å². The minimum absolute atomic E-state index is 0.0425. The predicted molar refractivity (Wildman–Crippen MR) is 146 cm³/mol. The van der Waals surface area contributed by atoms with Crippen LogP contribution in [0.3, 0.4) is 0 Å². The normalized spacial score (nSPS) is 11.7. The highest BCUT2D eigenvalue weighted by Crippen LogP contribution is 2.31. The lowest BCUT2D eigenvalue weighted by molar-refractivity contribution is -0.126. The second kappa shape index (κ2) is 11.3. The molecule has 40 heavy (non-hydrogen) atoms. The molecule has 0 bridgehead atoms. The number of furan rings is 1. The van der Waals surface area contributed by atoms with Crippen molar-refractivity contribution in [2.45, 2.75) is 19.1 Å². The van der Waals surface area contributed by atoms with Crippen molar-refractivity contribution in [3.05, 3.63) is 112 Å². The fourth-order valence-electron chi connectivity index (χ4n) is 4.24. The van der Waals surface area contributed by atoms with Crippen molar-refractivity contribution in [1.82, 2.24) is 19.6 Å². The standard InChI is InChI=1S/C28H23FN6O4S/c29-19-8-5-16(6-9-19)14-33-27(37)24(18-7-10-21-17(13-18)3-1-11-32-21)35(15-20-4-2-12-39-20)28(38)25-22(30)23(26(31)36)34-40-25/h1-13,24H,14-15,30H2,(H2,31,36)(H,33,37)/t24-/m0/s1. The van der Waals surface area contributed by atoms with Crippen molar-refractivity contribution in [3.63, 3.8) is 0 Å².